The van der Waals surface area contributed by atoms with Crippen LogP contribution in [-0.2, 0) is 17.8 Å². The molecule has 32 heavy (non-hydrogen) atoms. The number of aryl methyl sites for hydroxylation is 1. The molecule has 0 fully saturated rings. The molecule has 0 aliphatic heterocycles. The van der Waals surface area contributed by atoms with Gasteiger partial charge in [0, 0.05) is 22.9 Å². The van der Waals surface area contributed by atoms with Gasteiger partial charge in [-0.25, -0.2) is 4.39 Å². The van der Waals surface area contributed by atoms with Gasteiger partial charge in [-0.15, -0.1) is 0 Å². The quantitative estimate of drug-likeness (QED) is 0.377. The van der Waals surface area contributed by atoms with Gasteiger partial charge < -0.3 is 14.8 Å². The van der Waals surface area contributed by atoms with Crippen molar-refractivity contribution in [1.29, 1.82) is 5.26 Å². The Morgan fingerprint density at radius 1 is 1.09 bits per heavy atom. The zero-order chi connectivity index (χ0) is 22.9. The molecule has 162 valence electrons. The van der Waals surface area contributed by atoms with E-state index in [-0.39, 0.29) is 18.0 Å². The van der Waals surface area contributed by atoms with Crippen molar-refractivity contribution in [3.05, 3.63) is 94.8 Å². The normalized spacial score (nSPS) is 10.9. The zero-order valence-electron chi connectivity index (χ0n) is 17.9. The number of halogens is 1. The molecule has 0 spiro atoms. The van der Waals surface area contributed by atoms with E-state index in [1.54, 1.807) is 42.5 Å². The van der Waals surface area contributed by atoms with Crippen LogP contribution in [0.3, 0.4) is 0 Å². The molecule has 3 aromatic rings. The Bertz CT molecular complexity index is 1180. The number of anilines is 1. The highest BCUT2D eigenvalue weighted by atomic mass is 19.1. The van der Waals surface area contributed by atoms with E-state index in [1.807, 2.05) is 31.2 Å². The van der Waals surface area contributed by atoms with Gasteiger partial charge in [0.2, 0.25) is 0 Å². The Balaban J connectivity index is 1.88. The topological polar surface area (TPSA) is 71.4 Å². The van der Waals surface area contributed by atoms with Crippen molar-refractivity contribution < 1.29 is 18.7 Å². The first-order chi connectivity index (χ1) is 15.5. The maximum Gasteiger partial charge on any atom is 0.266 e. The summed E-state index contributed by atoms with van der Waals surface area (Å²) in [5, 5.41) is 12.4. The number of ether oxygens (including phenoxy) is 2. The summed E-state index contributed by atoms with van der Waals surface area (Å²) in [6.45, 7) is 1.97. The number of nitriles is 1. The van der Waals surface area contributed by atoms with Crippen LogP contribution in [-0.4, -0.2) is 13.0 Å². The SMILES string of the molecule is CCc1ccccc1NC(=O)/C(C#N)=C/c1ccc(OC)cc1OCc1ccccc1F. The van der Waals surface area contributed by atoms with Gasteiger partial charge in [-0.1, -0.05) is 43.3 Å². The minimum absolute atomic E-state index is 0.0152. The van der Waals surface area contributed by atoms with Gasteiger partial charge in [0.1, 0.15) is 35.6 Å². The summed E-state index contributed by atoms with van der Waals surface area (Å²) in [5.41, 5.74) is 2.43. The van der Waals surface area contributed by atoms with E-state index in [0.717, 1.165) is 12.0 Å². The second kappa shape index (κ2) is 10.8. The van der Waals surface area contributed by atoms with Gasteiger partial charge in [-0.3, -0.25) is 4.79 Å². The van der Waals surface area contributed by atoms with Crippen molar-refractivity contribution in [2.45, 2.75) is 20.0 Å². The molecule has 1 amide bonds. The minimum atomic E-state index is -0.524. The number of carbonyl (C=O) groups is 1. The lowest BCUT2D eigenvalue weighted by Gasteiger charge is -2.12. The summed E-state index contributed by atoms with van der Waals surface area (Å²) in [4.78, 5) is 12.8. The van der Waals surface area contributed by atoms with Crippen molar-refractivity contribution in [1.82, 2.24) is 0 Å². The highest BCUT2D eigenvalue weighted by Crippen LogP contribution is 2.28. The number of hydrogen-bond acceptors (Lipinski definition) is 4. The zero-order valence-corrected chi connectivity index (χ0v) is 17.9. The number of methoxy groups -OCH3 is 1. The van der Waals surface area contributed by atoms with Crippen LogP contribution in [0.25, 0.3) is 6.08 Å². The van der Waals surface area contributed by atoms with Crippen molar-refractivity contribution in [2.75, 3.05) is 12.4 Å². The van der Waals surface area contributed by atoms with Crippen LogP contribution in [0.5, 0.6) is 11.5 Å². The van der Waals surface area contributed by atoms with Crippen LogP contribution in [0.1, 0.15) is 23.6 Å². The monoisotopic (exact) mass is 430 g/mol. The van der Waals surface area contributed by atoms with E-state index >= 15 is 0 Å². The van der Waals surface area contributed by atoms with E-state index in [0.29, 0.717) is 28.3 Å². The second-order valence-corrected chi connectivity index (χ2v) is 6.92. The van der Waals surface area contributed by atoms with E-state index in [2.05, 4.69) is 5.32 Å². The highest BCUT2D eigenvalue weighted by Gasteiger charge is 2.14. The second-order valence-electron chi connectivity index (χ2n) is 6.92. The van der Waals surface area contributed by atoms with Gasteiger partial charge in [0.25, 0.3) is 5.91 Å². The lowest BCUT2D eigenvalue weighted by molar-refractivity contribution is -0.112. The van der Waals surface area contributed by atoms with Crippen LogP contribution in [0.15, 0.2) is 72.3 Å². The number of nitrogens with zero attached hydrogens (tertiary/aromatic N) is 1. The average molecular weight is 430 g/mol. The van der Waals surface area contributed by atoms with Crippen molar-refractivity contribution in [2.24, 2.45) is 0 Å². The largest absolute Gasteiger partial charge is 0.497 e. The van der Waals surface area contributed by atoms with Gasteiger partial charge >= 0.3 is 0 Å². The van der Waals surface area contributed by atoms with E-state index in [1.165, 1.54) is 19.3 Å². The molecule has 0 unspecified atom stereocenters. The Morgan fingerprint density at radius 2 is 1.81 bits per heavy atom. The van der Waals surface area contributed by atoms with Gasteiger partial charge in [0.05, 0.1) is 7.11 Å². The summed E-state index contributed by atoms with van der Waals surface area (Å²) in [7, 11) is 1.52. The summed E-state index contributed by atoms with van der Waals surface area (Å²) in [6, 6.07) is 20.7. The fraction of sp³-hybridized carbons (Fsp3) is 0.154. The van der Waals surface area contributed by atoms with Crippen LogP contribution >= 0.6 is 0 Å². The number of rotatable bonds is 8. The Kier molecular flexibility index (Phi) is 7.60. The van der Waals surface area contributed by atoms with Gasteiger partial charge in [0.15, 0.2) is 0 Å². The standard InChI is InChI=1S/C26H23FN2O3/c1-3-18-8-5-7-11-24(18)29-26(30)21(16-28)14-19-12-13-22(31-2)15-25(19)32-17-20-9-4-6-10-23(20)27/h4-15H,3,17H2,1-2H3,(H,29,30)/b21-14+. The molecule has 3 aromatic carbocycles. The smallest absolute Gasteiger partial charge is 0.266 e. The molecular weight excluding hydrogens is 407 g/mol. The van der Waals surface area contributed by atoms with E-state index in [4.69, 9.17) is 9.47 Å². The lowest BCUT2D eigenvalue weighted by atomic mass is 10.1. The molecule has 0 saturated heterocycles. The maximum absolute atomic E-state index is 14.0. The summed E-state index contributed by atoms with van der Waals surface area (Å²) in [6.07, 6.45) is 2.19. The predicted molar refractivity (Wildman–Crippen MR) is 122 cm³/mol. The number of hydrogen-bond donors (Lipinski definition) is 1. The molecule has 0 saturated carbocycles. The third kappa shape index (κ3) is 5.52. The number of amides is 1. The van der Waals surface area contributed by atoms with Crippen LogP contribution in [0, 0.1) is 17.1 Å². The number of carbonyl (C=O) groups excluding carboxylic acids is 1. The molecule has 0 radical (unpaired) electrons. The fourth-order valence-electron chi connectivity index (χ4n) is 3.10. The minimum Gasteiger partial charge on any atom is -0.497 e. The number of nitrogens with one attached hydrogen (secondary N) is 1. The number of para-hydroxylation sites is 1. The van der Waals surface area contributed by atoms with E-state index < -0.39 is 5.91 Å². The molecular formula is C26H23FN2O3. The molecule has 0 atom stereocenters. The summed E-state index contributed by atoms with van der Waals surface area (Å²) >= 11 is 0. The molecule has 0 bridgehead atoms. The first kappa shape index (κ1) is 22.6. The maximum atomic E-state index is 14.0. The molecule has 5 nitrogen and oxygen atoms in total. The molecule has 0 heterocycles. The summed E-state index contributed by atoms with van der Waals surface area (Å²) < 4.78 is 25.0. The van der Waals surface area contributed by atoms with Crippen LogP contribution in [0.2, 0.25) is 0 Å². The lowest BCUT2D eigenvalue weighted by Crippen LogP contribution is -2.14. The third-order valence-electron chi connectivity index (χ3n) is 4.87. The third-order valence-corrected chi connectivity index (χ3v) is 4.87. The van der Waals surface area contributed by atoms with Gasteiger partial charge in [-0.2, -0.15) is 5.26 Å². The Morgan fingerprint density at radius 3 is 2.50 bits per heavy atom. The first-order valence-electron chi connectivity index (χ1n) is 10.1. The molecule has 0 aliphatic rings. The van der Waals surface area contributed by atoms with Crippen molar-refractivity contribution in [3.63, 3.8) is 0 Å². The van der Waals surface area contributed by atoms with Crippen LogP contribution in [0.4, 0.5) is 10.1 Å². The summed E-state index contributed by atoms with van der Waals surface area (Å²) in [5.74, 6) is -0.00364. The van der Waals surface area contributed by atoms with E-state index in [9.17, 15) is 14.4 Å². The number of benzene rings is 3. The average Bonchev–Trinajstić information content (AvgIpc) is 2.82. The molecule has 3 rings (SSSR count). The van der Waals surface area contributed by atoms with Gasteiger partial charge in [-0.05, 0) is 42.3 Å². The molecule has 0 aromatic heterocycles. The Hall–Kier alpha value is -4.11. The predicted octanol–water partition coefficient (Wildman–Crippen LogP) is 5.52. The molecule has 6 heteroatoms. The fourth-order valence-corrected chi connectivity index (χ4v) is 3.10. The van der Waals surface area contributed by atoms with Crippen molar-refractivity contribution >= 4 is 17.7 Å². The first-order valence-corrected chi connectivity index (χ1v) is 10.1. The molecule has 0 aliphatic carbocycles. The van der Waals surface area contributed by atoms with Crippen molar-refractivity contribution in [3.8, 4) is 17.6 Å². The molecule has 1 N–H and O–H groups in total. The van der Waals surface area contributed by atoms with Crippen LogP contribution < -0.4 is 14.8 Å². The highest BCUT2D eigenvalue weighted by molar-refractivity contribution is 6.10. The Labute approximate surface area is 186 Å².